The van der Waals surface area contributed by atoms with Crippen molar-refractivity contribution < 1.29 is 14.3 Å². The number of halogens is 1. The van der Waals surface area contributed by atoms with Crippen molar-refractivity contribution >= 4 is 34.4 Å². The molecule has 0 bridgehead atoms. The lowest BCUT2D eigenvalue weighted by Gasteiger charge is -2.32. The van der Waals surface area contributed by atoms with Crippen LogP contribution < -0.4 is 0 Å². The molecule has 7 heteroatoms. The summed E-state index contributed by atoms with van der Waals surface area (Å²) in [5.74, 6) is -0.742. The molecule has 1 fully saturated rings. The number of hydrogen-bond donors (Lipinski definition) is 1. The number of aromatic amines is 1. The molecule has 0 spiro atoms. The molecule has 1 N–H and O–H groups in total. The number of hydrogen-bond acceptors (Lipinski definition) is 4. The highest BCUT2D eigenvalue weighted by atomic mass is 35.5. The number of fused-ring (bicyclic) bond motifs is 1. The lowest BCUT2D eigenvalue weighted by atomic mass is 10.2. The molecule has 110 valence electrons. The lowest BCUT2D eigenvalue weighted by Crippen LogP contribution is -2.47. The highest BCUT2D eigenvalue weighted by Gasteiger charge is 2.28. The van der Waals surface area contributed by atoms with Crippen LogP contribution in [0, 0.1) is 0 Å². The number of esters is 1. The molecule has 3 rings (SSSR count). The van der Waals surface area contributed by atoms with Crippen LogP contribution in [0.15, 0.2) is 18.3 Å². The van der Waals surface area contributed by atoms with Crippen LogP contribution in [0.1, 0.15) is 23.8 Å². The van der Waals surface area contributed by atoms with Gasteiger partial charge in [-0.05, 0) is 25.5 Å². The van der Waals surface area contributed by atoms with E-state index in [4.69, 9.17) is 16.3 Å². The van der Waals surface area contributed by atoms with Crippen LogP contribution in [-0.4, -0.2) is 45.9 Å². The van der Waals surface area contributed by atoms with Crippen molar-refractivity contribution in [3.8, 4) is 0 Å². The number of rotatable bonds is 3. The van der Waals surface area contributed by atoms with E-state index >= 15 is 0 Å². The Morgan fingerprint density at radius 1 is 1.48 bits per heavy atom. The maximum Gasteiger partial charge on any atom is 0.355 e. The van der Waals surface area contributed by atoms with Crippen molar-refractivity contribution in [2.24, 2.45) is 0 Å². The number of carbonyl (C=O) groups is 2. The fourth-order valence-electron chi connectivity index (χ4n) is 2.20. The molecule has 2 aromatic heterocycles. The van der Waals surface area contributed by atoms with Gasteiger partial charge in [0.25, 0.3) is 5.91 Å². The summed E-state index contributed by atoms with van der Waals surface area (Å²) in [5.41, 5.74) is 0.830. The van der Waals surface area contributed by atoms with Crippen LogP contribution in [-0.2, 0) is 9.53 Å². The summed E-state index contributed by atoms with van der Waals surface area (Å²) >= 11 is 5.94. The second-order valence-electron chi connectivity index (χ2n) is 4.98. The Bertz CT molecular complexity index is 709. The quantitative estimate of drug-likeness (QED) is 0.695. The third-order valence-corrected chi connectivity index (χ3v) is 3.80. The Labute approximate surface area is 126 Å². The molecular weight excluding hydrogens is 294 g/mol. The fraction of sp³-hybridized carbons (Fsp3) is 0.357. The molecule has 1 atom stereocenters. The second kappa shape index (κ2) is 5.37. The number of carbonyl (C=O) groups excluding carboxylic acids is 2. The molecule has 21 heavy (non-hydrogen) atoms. The molecule has 3 heterocycles. The second-order valence-corrected chi connectivity index (χ2v) is 5.33. The summed E-state index contributed by atoms with van der Waals surface area (Å²) in [5, 5.41) is 1.06. The van der Waals surface area contributed by atoms with E-state index in [2.05, 4.69) is 9.97 Å². The van der Waals surface area contributed by atoms with Gasteiger partial charge in [-0.1, -0.05) is 11.6 Å². The molecule has 1 saturated heterocycles. The van der Waals surface area contributed by atoms with Gasteiger partial charge in [0.15, 0.2) is 11.3 Å². The van der Waals surface area contributed by atoms with Gasteiger partial charge in [-0.25, -0.2) is 9.78 Å². The van der Waals surface area contributed by atoms with Gasteiger partial charge in [0.1, 0.15) is 5.69 Å². The van der Waals surface area contributed by atoms with Crippen LogP contribution in [0.25, 0.3) is 10.9 Å². The maximum atomic E-state index is 12.1. The first-order chi connectivity index (χ1) is 10.1. The largest absolute Gasteiger partial charge is 0.448 e. The normalized spacial score (nSPS) is 15.6. The number of nitrogens with zero attached hydrogens (tertiary/aromatic N) is 2. The van der Waals surface area contributed by atoms with Crippen LogP contribution in [0.2, 0.25) is 5.15 Å². The average Bonchev–Trinajstić information content (AvgIpc) is 2.82. The molecule has 1 aliphatic rings. The van der Waals surface area contributed by atoms with Crippen molar-refractivity contribution in [2.45, 2.75) is 19.4 Å². The first-order valence-electron chi connectivity index (χ1n) is 6.69. The first kappa shape index (κ1) is 13.9. The van der Waals surface area contributed by atoms with Crippen molar-refractivity contribution in [1.29, 1.82) is 0 Å². The zero-order valence-electron chi connectivity index (χ0n) is 11.4. The van der Waals surface area contributed by atoms with E-state index in [0.29, 0.717) is 5.52 Å². The zero-order chi connectivity index (χ0) is 15.0. The predicted molar refractivity (Wildman–Crippen MR) is 77.2 cm³/mol. The summed E-state index contributed by atoms with van der Waals surface area (Å²) in [6.07, 6.45) is 1.77. The van der Waals surface area contributed by atoms with Gasteiger partial charge in [0.2, 0.25) is 0 Å². The molecule has 1 unspecified atom stereocenters. The molecule has 6 nitrogen and oxygen atoms in total. The van der Waals surface area contributed by atoms with Gasteiger partial charge >= 0.3 is 5.97 Å². The van der Waals surface area contributed by atoms with Gasteiger partial charge in [0, 0.05) is 24.7 Å². The van der Waals surface area contributed by atoms with Gasteiger partial charge in [-0.3, -0.25) is 4.79 Å². The number of nitrogens with one attached hydrogen (secondary N) is 1. The summed E-state index contributed by atoms with van der Waals surface area (Å²) in [6, 6.07) is 3.37. The Morgan fingerprint density at radius 2 is 2.24 bits per heavy atom. The van der Waals surface area contributed by atoms with E-state index in [1.165, 1.54) is 0 Å². The molecule has 0 radical (unpaired) electrons. The zero-order valence-corrected chi connectivity index (χ0v) is 12.2. The van der Waals surface area contributed by atoms with Crippen LogP contribution in [0.4, 0.5) is 0 Å². The standard InChI is InChI=1S/C14H14ClN3O3/c1-8(13(19)18-5-2-6-18)21-14(20)10-7-9-3-4-16-12(15)11(9)17-10/h3-4,7-8,17H,2,5-6H2,1H3. The average molecular weight is 308 g/mol. The Balaban J connectivity index is 1.74. The monoisotopic (exact) mass is 307 g/mol. The molecule has 1 aliphatic heterocycles. The van der Waals surface area contributed by atoms with Crippen molar-refractivity contribution in [1.82, 2.24) is 14.9 Å². The smallest absolute Gasteiger partial charge is 0.355 e. The molecule has 1 amide bonds. The van der Waals surface area contributed by atoms with E-state index < -0.39 is 12.1 Å². The SMILES string of the molecule is CC(OC(=O)c1cc2ccnc(Cl)c2[nH]1)C(=O)N1CCC1. The van der Waals surface area contributed by atoms with E-state index in [-0.39, 0.29) is 16.8 Å². The van der Waals surface area contributed by atoms with Crippen molar-refractivity contribution in [3.63, 3.8) is 0 Å². The summed E-state index contributed by atoms with van der Waals surface area (Å²) in [6.45, 7) is 3.04. The minimum Gasteiger partial charge on any atom is -0.448 e. The van der Waals surface area contributed by atoms with E-state index in [0.717, 1.165) is 24.9 Å². The summed E-state index contributed by atoms with van der Waals surface area (Å²) < 4.78 is 5.20. The van der Waals surface area contributed by atoms with E-state index in [9.17, 15) is 9.59 Å². The van der Waals surface area contributed by atoms with Crippen molar-refractivity contribution in [2.75, 3.05) is 13.1 Å². The highest BCUT2D eigenvalue weighted by Crippen LogP contribution is 2.22. The lowest BCUT2D eigenvalue weighted by molar-refractivity contribution is -0.143. The third-order valence-electron chi connectivity index (χ3n) is 3.52. The topological polar surface area (TPSA) is 75.3 Å². The maximum absolute atomic E-state index is 12.1. The predicted octanol–water partition coefficient (Wildman–Crippen LogP) is 1.99. The minimum absolute atomic E-state index is 0.162. The van der Waals surface area contributed by atoms with E-state index in [1.54, 1.807) is 30.2 Å². The third kappa shape index (κ3) is 2.58. The number of ether oxygens (including phenoxy) is 1. The van der Waals surface area contributed by atoms with Gasteiger partial charge in [-0.2, -0.15) is 0 Å². The fourth-order valence-corrected chi connectivity index (χ4v) is 2.41. The highest BCUT2D eigenvalue weighted by molar-refractivity contribution is 6.33. The molecular formula is C14H14ClN3O3. The van der Waals surface area contributed by atoms with Gasteiger partial charge < -0.3 is 14.6 Å². The van der Waals surface area contributed by atoms with E-state index in [1.807, 2.05) is 0 Å². The molecule has 2 aromatic rings. The van der Waals surface area contributed by atoms with Crippen molar-refractivity contribution in [3.05, 3.63) is 29.2 Å². The summed E-state index contributed by atoms with van der Waals surface area (Å²) in [7, 11) is 0. The number of H-pyrrole nitrogens is 1. The number of pyridine rings is 1. The molecule has 0 saturated carbocycles. The van der Waals surface area contributed by atoms with Crippen LogP contribution >= 0.6 is 11.6 Å². The molecule has 0 aromatic carbocycles. The number of likely N-dealkylation sites (tertiary alicyclic amines) is 1. The first-order valence-corrected chi connectivity index (χ1v) is 7.07. The Hall–Kier alpha value is -2.08. The Morgan fingerprint density at radius 3 is 2.86 bits per heavy atom. The van der Waals surface area contributed by atoms with Gasteiger partial charge in [-0.15, -0.1) is 0 Å². The number of aromatic nitrogens is 2. The summed E-state index contributed by atoms with van der Waals surface area (Å²) in [4.78, 5) is 32.5. The Kier molecular flexibility index (Phi) is 3.55. The van der Waals surface area contributed by atoms with Gasteiger partial charge in [0.05, 0.1) is 5.52 Å². The van der Waals surface area contributed by atoms with Crippen LogP contribution in [0.5, 0.6) is 0 Å². The van der Waals surface area contributed by atoms with Crippen LogP contribution in [0.3, 0.4) is 0 Å². The molecule has 0 aliphatic carbocycles. The number of amides is 1. The minimum atomic E-state index is -0.794.